The summed E-state index contributed by atoms with van der Waals surface area (Å²) in [5.41, 5.74) is 1.59. The number of hydrogen-bond acceptors (Lipinski definition) is 5. The third-order valence-corrected chi connectivity index (χ3v) is 5.21. The molecule has 3 aromatic rings. The molecule has 25 heavy (non-hydrogen) atoms. The highest BCUT2D eigenvalue weighted by atomic mass is 32.1. The van der Waals surface area contributed by atoms with Crippen molar-refractivity contribution in [3.8, 4) is 22.4 Å². The summed E-state index contributed by atoms with van der Waals surface area (Å²) in [4.78, 5) is 17.6. The van der Waals surface area contributed by atoms with Gasteiger partial charge in [0.1, 0.15) is 0 Å². The number of benzene rings is 1. The molecule has 1 amide bonds. The average molecular weight is 354 g/mol. The Hall–Kier alpha value is -2.67. The lowest BCUT2D eigenvalue weighted by Crippen LogP contribution is -2.28. The van der Waals surface area contributed by atoms with Gasteiger partial charge in [0.25, 0.3) is 0 Å². The first-order valence-electron chi connectivity index (χ1n) is 8.21. The van der Waals surface area contributed by atoms with Crippen LogP contribution in [0.1, 0.15) is 19.3 Å². The van der Waals surface area contributed by atoms with E-state index in [2.05, 4.69) is 15.4 Å². The number of thiophene rings is 1. The number of methoxy groups -OCH3 is 1. The summed E-state index contributed by atoms with van der Waals surface area (Å²) in [7, 11) is 1.55. The molecule has 1 fully saturated rings. The molecule has 1 aliphatic carbocycles. The van der Waals surface area contributed by atoms with Gasteiger partial charge in [0, 0.05) is 11.6 Å². The fourth-order valence-electron chi connectivity index (χ4n) is 2.76. The van der Waals surface area contributed by atoms with Gasteiger partial charge in [-0.2, -0.15) is 4.98 Å². The normalized spacial score (nSPS) is 14.1. The van der Waals surface area contributed by atoms with E-state index in [0.29, 0.717) is 11.8 Å². The van der Waals surface area contributed by atoms with Crippen molar-refractivity contribution in [1.82, 2.24) is 14.8 Å². The van der Waals surface area contributed by atoms with E-state index < -0.39 is 0 Å². The van der Waals surface area contributed by atoms with E-state index in [1.165, 1.54) is 0 Å². The van der Waals surface area contributed by atoms with Crippen molar-refractivity contribution in [2.75, 3.05) is 12.4 Å². The van der Waals surface area contributed by atoms with E-state index in [1.807, 2.05) is 41.8 Å². The Labute approximate surface area is 149 Å². The van der Waals surface area contributed by atoms with Crippen LogP contribution >= 0.6 is 11.3 Å². The van der Waals surface area contributed by atoms with Crippen LogP contribution in [0.2, 0.25) is 0 Å². The number of ether oxygens (including phenoxy) is 1. The minimum Gasteiger partial charge on any atom is -0.466 e. The molecule has 2 heterocycles. The first-order valence-corrected chi connectivity index (χ1v) is 9.09. The molecule has 0 atom stereocenters. The topological polar surface area (TPSA) is 69.0 Å². The highest BCUT2D eigenvalue weighted by Gasteiger charge is 2.25. The Balaban J connectivity index is 1.66. The van der Waals surface area contributed by atoms with Crippen molar-refractivity contribution in [1.29, 1.82) is 0 Å². The number of aromatic nitrogens is 3. The summed E-state index contributed by atoms with van der Waals surface area (Å²) >= 11 is 1.59. The zero-order chi connectivity index (χ0) is 17.2. The predicted octanol–water partition coefficient (Wildman–Crippen LogP) is 3.74. The van der Waals surface area contributed by atoms with E-state index >= 15 is 0 Å². The molecule has 0 bridgehead atoms. The van der Waals surface area contributed by atoms with E-state index in [1.54, 1.807) is 23.1 Å². The molecule has 1 aromatic carbocycles. The van der Waals surface area contributed by atoms with Gasteiger partial charge < -0.3 is 10.1 Å². The van der Waals surface area contributed by atoms with Crippen LogP contribution in [0.15, 0.2) is 41.8 Å². The Morgan fingerprint density at radius 3 is 2.88 bits per heavy atom. The fourth-order valence-corrected chi connectivity index (χ4v) is 3.45. The molecule has 0 saturated heterocycles. The van der Waals surface area contributed by atoms with Crippen molar-refractivity contribution in [3.63, 3.8) is 0 Å². The summed E-state index contributed by atoms with van der Waals surface area (Å²) in [5.74, 6) is 0.962. The third-order valence-electron chi connectivity index (χ3n) is 4.35. The van der Waals surface area contributed by atoms with Crippen LogP contribution in [0, 0.1) is 5.92 Å². The van der Waals surface area contributed by atoms with Crippen LogP contribution in [0.25, 0.3) is 16.4 Å². The van der Waals surface area contributed by atoms with Crippen LogP contribution in [-0.2, 0) is 4.79 Å². The Bertz CT molecular complexity index is 884. The van der Waals surface area contributed by atoms with Crippen molar-refractivity contribution in [3.05, 3.63) is 41.8 Å². The van der Waals surface area contributed by atoms with Gasteiger partial charge in [0.2, 0.25) is 5.91 Å². The molecular formula is C18H18N4O2S. The second kappa shape index (κ2) is 6.68. The monoisotopic (exact) mass is 354 g/mol. The molecule has 0 unspecified atom stereocenters. The Morgan fingerprint density at radius 2 is 2.20 bits per heavy atom. The smallest absolute Gasteiger partial charge is 0.336 e. The largest absolute Gasteiger partial charge is 0.466 e. The van der Waals surface area contributed by atoms with Crippen molar-refractivity contribution >= 4 is 22.9 Å². The standard InChI is InChI=1S/C18H18N4O2S/c1-24-18-20-16(15-9-4-10-25-15)22(21-18)14-8-3-7-13(11-14)19-17(23)12-5-2-6-12/h3-4,7-12H,2,5-6H2,1H3,(H,19,23). The van der Waals surface area contributed by atoms with Gasteiger partial charge >= 0.3 is 6.01 Å². The van der Waals surface area contributed by atoms with E-state index in [0.717, 1.165) is 35.5 Å². The van der Waals surface area contributed by atoms with Crippen LogP contribution in [-0.4, -0.2) is 27.8 Å². The maximum atomic E-state index is 12.2. The third kappa shape index (κ3) is 3.15. The lowest BCUT2D eigenvalue weighted by atomic mass is 9.85. The summed E-state index contributed by atoms with van der Waals surface area (Å²) in [6, 6.07) is 11.9. The molecule has 1 aliphatic rings. The molecule has 2 aromatic heterocycles. The maximum Gasteiger partial charge on any atom is 0.336 e. The first-order chi connectivity index (χ1) is 12.2. The highest BCUT2D eigenvalue weighted by Crippen LogP contribution is 2.29. The van der Waals surface area contributed by atoms with Gasteiger partial charge in [-0.25, -0.2) is 4.68 Å². The number of nitrogens with one attached hydrogen (secondary N) is 1. The van der Waals surface area contributed by atoms with Gasteiger partial charge in [-0.05, 0) is 42.5 Å². The zero-order valence-corrected chi connectivity index (χ0v) is 14.6. The molecule has 128 valence electrons. The Morgan fingerprint density at radius 1 is 1.32 bits per heavy atom. The molecule has 0 radical (unpaired) electrons. The first kappa shape index (κ1) is 15.8. The summed E-state index contributed by atoms with van der Waals surface area (Å²) in [6.07, 6.45) is 3.10. The van der Waals surface area contributed by atoms with Crippen molar-refractivity contribution < 1.29 is 9.53 Å². The van der Waals surface area contributed by atoms with Crippen molar-refractivity contribution in [2.45, 2.75) is 19.3 Å². The number of hydrogen-bond donors (Lipinski definition) is 1. The average Bonchev–Trinajstić information content (AvgIpc) is 3.22. The minimum atomic E-state index is 0.0954. The summed E-state index contributed by atoms with van der Waals surface area (Å²) < 4.78 is 6.94. The number of carbonyl (C=O) groups is 1. The highest BCUT2D eigenvalue weighted by molar-refractivity contribution is 7.13. The molecule has 0 spiro atoms. The number of amides is 1. The maximum absolute atomic E-state index is 12.2. The number of carbonyl (C=O) groups excluding carboxylic acids is 1. The zero-order valence-electron chi connectivity index (χ0n) is 13.8. The van der Waals surface area contributed by atoms with Crippen molar-refractivity contribution in [2.24, 2.45) is 5.92 Å². The molecule has 1 N–H and O–H groups in total. The molecule has 4 rings (SSSR count). The second-order valence-corrected chi connectivity index (χ2v) is 6.93. The van der Waals surface area contributed by atoms with Crippen LogP contribution in [0.3, 0.4) is 0 Å². The second-order valence-electron chi connectivity index (χ2n) is 5.98. The predicted molar refractivity (Wildman–Crippen MR) is 97.2 cm³/mol. The molecule has 0 aliphatic heterocycles. The minimum absolute atomic E-state index is 0.0954. The van der Waals surface area contributed by atoms with E-state index in [9.17, 15) is 4.79 Å². The van der Waals surface area contributed by atoms with Crippen LogP contribution in [0.4, 0.5) is 5.69 Å². The molecule has 7 heteroatoms. The van der Waals surface area contributed by atoms with Gasteiger partial charge in [-0.15, -0.1) is 16.4 Å². The number of anilines is 1. The van der Waals surface area contributed by atoms with Crippen LogP contribution in [0.5, 0.6) is 6.01 Å². The molecule has 6 nitrogen and oxygen atoms in total. The molecular weight excluding hydrogens is 336 g/mol. The van der Waals surface area contributed by atoms with Gasteiger partial charge in [0.15, 0.2) is 5.82 Å². The van der Waals surface area contributed by atoms with Gasteiger partial charge in [0.05, 0.1) is 17.7 Å². The SMILES string of the molecule is COc1nc(-c2cccs2)n(-c2cccc(NC(=O)C3CCC3)c2)n1. The van der Waals surface area contributed by atoms with Gasteiger partial charge in [-0.1, -0.05) is 18.6 Å². The van der Waals surface area contributed by atoms with E-state index in [4.69, 9.17) is 4.74 Å². The number of nitrogens with zero attached hydrogens (tertiary/aromatic N) is 3. The summed E-state index contributed by atoms with van der Waals surface area (Å²) in [5, 5.41) is 9.41. The quantitative estimate of drug-likeness (QED) is 0.758. The van der Waals surface area contributed by atoms with Gasteiger partial charge in [-0.3, -0.25) is 4.79 Å². The number of rotatable bonds is 5. The Kier molecular flexibility index (Phi) is 4.23. The lowest BCUT2D eigenvalue weighted by molar-refractivity contribution is -0.122. The van der Waals surface area contributed by atoms with E-state index in [-0.39, 0.29) is 11.8 Å². The molecule has 1 saturated carbocycles. The lowest BCUT2D eigenvalue weighted by Gasteiger charge is -2.24. The van der Waals surface area contributed by atoms with Crippen LogP contribution < -0.4 is 10.1 Å². The summed E-state index contributed by atoms with van der Waals surface area (Å²) in [6.45, 7) is 0. The fraction of sp³-hybridized carbons (Fsp3) is 0.278.